The summed E-state index contributed by atoms with van der Waals surface area (Å²) in [6, 6.07) is 21.4. The molecular weight excluding hydrogens is 385 g/mol. The van der Waals surface area contributed by atoms with Crippen LogP contribution in [0.2, 0.25) is 0 Å². The third-order valence-electron chi connectivity index (χ3n) is 4.30. The Morgan fingerprint density at radius 2 is 1.60 bits per heavy atom. The number of esters is 1. The maximum absolute atomic E-state index is 13.1. The smallest absolute Gasteiger partial charge is 0.311 e. The van der Waals surface area contributed by atoms with E-state index in [0.29, 0.717) is 29.2 Å². The second-order valence-corrected chi connectivity index (χ2v) is 6.50. The molecule has 0 unspecified atom stereocenters. The van der Waals surface area contributed by atoms with E-state index in [4.69, 9.17) is 9.47 Å². The Morgan fingerprint density at radius 1 is 0.933 bits per heavy atom. The van der Waals surface area contributed by atoms with Gasteiger partial charge in [0.1, 0.15) is 11.6 Å². The summed E-state index contributed by atoms with van der Waals surface area (Å²) in [4.78, 5) is 25.5. The molecule has 0 aromatic heterocycles. The second-order valence-electron chi connectivity index (χ2n) is 6.50. The minimum Gasteiger partial charge on any atom is -0.492 e. The zero-order valence-corrected chi connectivity index (χ0v) is 16.5. The lowest BCUT2D eigenvalue weighted by atomic mass is 10.1. The molecule has 154 valence electrons. The topological polar surface area (TPSA) is 64.6 Å². The van der Waals surface area contributed by atoms with Crippen molar-refractivity contribution in [1.82, 2.24) is 0 Å². The number of carbonyl (C=O) groups excluding carboxylic acids is 2. The third kappa shape index (κ3) is 5.67. The minimum absolute atomic E-state index is 0.0770. The summed E-state index contributed by atoms with van der Waals surface area (Å²) in [5.74, 6) is -0.955. The van der Waals surface area contributed by atoms with Gasteiger partial charge in [0.05, 0.1) is 18.7 Å². The van der Waals surface area contributed by atoms with Gasteiger partial charge in [-0.15, -0.1) is 0 Å². The monoisotopic (exact) mass is 407 g/mol. The van der Waals surface area contributed by atoms with Crippen molar-refractivity contribution in [3.63, 3.8) is 0 Å². The number of benzene rings is 3. The van der Waals surface area contributed by atoms with E-state index in [0.717, 1.165) is 0 Å². The van der Waals surface area contributed by atoms with E-state index < -0.39 is 18.0 Å². The number of para-hydroxylation sites is 2. The Bertz CT molecular complexity index is 990. The molecule has 5 nitrogen and oxygen atoms in total. The molecule has 3 aromatic carbocycles. The average Bonchev–Trinajstić information content (AvgIpc) is 2.76. The number of ether oxygens (including phenoxy) is 2. The van der Waals surface area contributed by atoms with Crippen LogP contribution < -0.4 is 10.1 Å². The van der Waals surface area contributed by atoms with Crippen molar-refractivity contribution in [3.8, 4) is 5.75 Å². The molecule has 1 atom stereocenters. The molecule has 0 bridgehead atoms. The molecule has 6 heteroatoms. The van der Waals surface area contributed by atoms with Crippen molar-refractivity contribution in [2.24, 2.45) is 0 Å². The number of halogens is 1. The fourth-order valence-corrected chi connectivity index (χ4v) is 2.89. The Morgan fingerprint density at radius 3 is 2.30 bits per heavy atom. The lowest BCUT2D eigenvalue weighted by Crippen LogP contribution is -2.26. The van der Waals surface area contributed by atoms with Crippen LogP contribution in [0.1, 0.15) is 24.2 Å². The molecule has 0 radical (unpaired) electrons. The standard InChI is InChI=1S/C24H22FNO4/c1-2-29-21-11-7-6-10-20(21)26-24(28)23(18-8-4-3-5-9-18)30-22(27)16-17-12-14-19(25)15-13-17/h3-15,23H,2,16H2,1H3,(H,26,28)/t23-/m1/s1. The molecule has 0 aliphatic carbocycles. The number of rotatable bonds is 8. The van der Waals surface area contributed by atoms with Crippen molar-refractivity contribution in [1.29, 1.82) is 0 Å². The third-order valence-corrected chi connectivity index (χ3v) is 4.30. The Kier molecular flexibility index (Phi) is 7.16. The highest BCUT2D eigenvalue weighted by atomic mass is 19.1. The van der Waals surface area contributed by atoms with Crippen LogP contribution in [0.25, 0.3) is 0 Å². The maximum Gasteiger partial charge on any atom is 0.311 e. The summed E-state index contributed by atoms with van der Waals surface area (Å²) in [6.45, 7) is 2.30. The quantitative estimate of drug-likeness (QED) is 0.550. The molecule has 0 fully saturated rings. The van der Waals surface area contributed by atoms with Gasteiger partial charge in [-0.2, -0.15) is 0 Å². The van der Waals surface area contributed by atoms with Crippen LogP contribution in [0.15, 0.2) is 78.9 Å². The first-order valence-corrected chi connectivity index (χ1v) is 9.58. The highest BCUT2D eigenvalue weighted by Crippen LogP contribution is 2.27. The van der Waals surface area contributed by atoms with Crippen LogP contribution >= 0.6 is 0 Å². The van der Waals surface area contributed by atoms with E-state index in [-0.39, 0.29) is 12.2 Å². The summed E-state index contributed by atoms with van der Waals surface area (Å²) in [5.41, 5.74) is 1.62. The van der Waals surface area contributed by atoms with E-state index in [9.17, 15) is 14.0 Å². The predicted octanol–water partition coefficient (Wildman–Crippen LogP) is 4.69. The molecule has 30 heavy (non-hydrogen) atoms. The van der Waals surface area contributed by atoms with E-state index >= 15 is 0 Å². The maximum atomic E-state index is 13.1. The summed E-state index contributed by atoms with van der Waals surface area (Å²) in [7, 11) is 0. The highest BCUT2D eigenvalue weighted by Gasteiger charge is 2.26. The molecule has 1 amide bonds. The van der Waals surface area contributed by atoms with Crippen LogP contribution in [0.3, 0.4) is 0 Å². The van der Waals surface area contributed by atoms with E-state index in [1.54, 1.807) is 48.5 Å². The predicted molar refractivity (Wildman–Crippen MR) is 112 cm³/mol. The fourth-order valence-electron chi connectivity index (χ4n) is 2.89. The van der Waals surface area contributed by atoms with E-state index in [1.807, 2.05) is 13.0 Å². The summed E-state index contributed by atoms with van der Waals surface area (Å²) in [5, 5.41) is 2.78. The van der Waals surface area contributed by atoms with Gasteiger partial charge in [-0.25, -0.2) is 4.39 Å². The van der Waals surface area contributed by atoms with Crippen molar-refractivity contribution in [3.05, 3.63) is 95.8 Å². The van der Waals surface area contributed by atoms with E-state index in [2.05, 4.69) is 5.32 Å². The lowest BCUT2D eigenvalue weighted by Gasteiger charge is -2.19. The van der Waals surface area contributed by atoms with Gasteiger partial charge in [-0.1, -0.05) is 54.6 Å². The molecule has 0 spiro atoms. The van der Waals surface area contributed by atoms with Crippen molar-refractivity contribution in [2.75, 3.05) is 11.9 Å². The van der Waals surface area contributed by atoms with Gasteiger partial charge in [0.2, 0.25) is 6.10 Å². The Labute approximate surface area is 174 Å². The number of carbonyl (C=O) groups is 2. The first-order valence-electron chi connectivity index (χ1n) is 9.58. The molecule has 0 saturated carbocycles. The Hall–Kier alpha value is -3.67. The lowest BCUT2D eigenvalue weighted by molar-refractivity contribution is -0.154. The molecule has 0 aliphatic heterocycles. The normalized spacial score (nSPS) is 11.4. The summed E-state index contributed by atoms with van der Waals surface area (Å²) < 4.78 is 24.1. The molecule has 3 rings (SSSR count). The number of nitrogens with one attached hydrogen (secondary N) is 1. The van der Waals surface area contributed by atoms with Crippen LogP contribution in [0.4, 0.5) is 10.1 Å². The van der Waals surface area contributed by atoms with Gasteiger partial charge >= 0.3 is 5.97 Å². The zero-order chi connectivity index (χ0) is 21.3. The second kappa shape index (κ2) is 10.2. The van der Waals surface area contributed by atoms with Gasteiger partial charge in [-0.05, 0) is 36.8 Å². The molecule has 0 aliphatic rings. The fraction of sp³-hybridized carbons (Fsp3) is 0.167. The van der Waals surface area contributed by atoms with Gasteiger partial charge in [-0.3, -0.25) is 9.59 Å². The van der Waals surface area contributed by atoms with Crippen molar-refractivity contribution < 1.29 is 23.5 Å². The first-order chi connectivity index (χ1) is 14.6. The van der Waals surface area contributed by atoms with E-state index in [1.165, 1.54) is 24.3 Å². The van der Waals surface area contributed by atoms with Crippen LogP contribution in [-0.4, -0.2) is 18.5 Å². The largest absolute Gasteiger partial charge is 0.492 e. The number of amides is 1. The number of hydrogen-bond donors (Lipinski definition) is 1. The van der Waals surface area contributed by atoms with Gasteiger partial charge < -0.3 is 14.8 Å². The molecule has 0 heterocycles. The summed E-state index contributed by atoms with van der Waals surface area (Å²) in [6.07, 6.45) is -1.22. The average molecular weight is 407 g/mol. The van der Waals surface area contributed by atoms with Crippen LogP contribution in [0.5, 0.6) is 5.75 Å². The van der Waals surface area contributed by atoms with Crippen molar-refractivity contribution >= 4 is 17.6 Å². The SMILES string of the molecule is CCOc1ccccc1NC(=O)[C@H](OC(=O)Cc1ccc(F)cc1)c1ccccc1. The Balaban J connectivity index is 1.78. The zero-order valence-electron chi connectivity index (χ0n) is 16.5. The molecule has 0 saturated heterocycles. The van der Waals surface area contributed by atoms with Gasteiger partial charge in [0, 0.05) is 5.56 Å². The van der Waals surface area contributed by atoms with Gasteiger partial charge in [0.15, 0.2) is 0 Å². The molecular formula is C24H22FNO4. The number of hydrogen-bond acceptors (Lipinski definition) is 4. The first kappa shape index (κ1) is 21.0. The molecule has 3 aromatic rings. The van der Waals surface area contributed by atoms with Crippen molar-refractivity contribution in [2.45, 2.75) is 19.4 Å². The summed E-state index contributed by atoms with van der Waals surface area (Å²) >= 11 is 0. The highest BCUT2D eigenvalue weighted by molar-refractivity contribution is 5.97. The molecule has 1 N–H and O–H groups in total. The number of anilines is 1. The van der Waals surface area contributed by atoms with Crippen LogP contribution in [-0.2, 0) is 20.7 Å². The van der Waals surface area contributed by atoms with Gasteiger partial charge in [0.25, 0.3) is 5.91 Å². The minimum atomic E-state index is -1.14. The van der Waals surface area contributed by atoms with Crippen LogP contribution in [0, 0.1) is 5.82 Å².